The minimum atomic E-state index is -4.49. The molecule has 0 aliphatic carbocycles. The average Bonchev–Trinajstić information content (AvgIpc) is 3.41. The number of H-pyrrole nitrogens is 1. The second-order valence-corrected chi connectivity index (χ2v) is 7.36. The maximum absolute atomic E-state index is 12.4. The largest absolute Gasteiger partial charge is 0.488 e. The highest BCUT2D eigenvalue weighted by molar-refractivity contribution is 5.92. The second kappa shape index (κ2) is 8.99. The zero-order chi connectivity index (χ0) is 22.7. The third-order valence-corrected chi connectivity index (χ3v) is 4.84. The Morgan fingerprint density at radius 1 is 1.41 bits per heavy atom. The molecule has 3 aromatic rings. The summed E-state index contributed by atoms with van der Waals surface area (Å²) >= 11 is 0. The van der Waals surface area contributed by atoms with Crippen LogP contribution in [0, 0.1) is 0 Å². The molecule has 3 aromatic heterocycles. The van der Waals surface area contributed by atoms with Crippen LogP contribution in [0.2, 0.25) is 0 Å². The molecule has 1 aliphatic rings. The molecule has 4 heterocycles. The Morgan fingerprint density at radius 2 is 2.25 bits per heavy atom. The van der Waals surface area contributed by atoms with Gasteiger partial charge < -0.3 is 25.1 Å². The van der Waals surface area contributed by atoms with Crippen LogP contribution in [0.5, 0.6) is 5.75 Å². The van der Waals surface area contributed by atoms with E-state index in [1.807, 2.05) is 5.32 Å². The topological polar surface area (TPSA) is 114 Å². The Kier molecular flexibility index (Phi) is 6.12. The van der Waals surface area contributed by atoms with Crippen LogP contribution in [0.15, 0.2) is 30.9 Å². The van der Waals surface area contributed by atoms with Crippen molar-refractivity contribution in [1.82, 2.24) is 25.3 Å². The van der Waals surface area contributed by atoms with Gasteiger partial charge in [0.2, 0.25) is 5.91 Å². The Morgan fingerprint density at radius 3 is 3.00 bits per heavy atom. The summed E-state index contributed by atoms with van der Waals surface area (Å²) in [7, 11) is 0. The molecule has 12 heteroatoms. The summed E-state index contributed by atoms with van der Waals surface area (Å²) in [6.45, 7) is 1.10. The van der Waals surface area contributed by atoms with E-state index in [9.17, 15) is 18.0 Å². The van der Waals surface area contributed by atoms with Crippen LogP contribution in [0.4, 0.5) is 19.0 Å². The number of carbonyl (C=O) groups is 1. The molecule has 0 bridgehead atoms. The molecule has 1 unspecified atom stereocenters. The van der Waals surface area contributed by atoms with Crippen molar-refractivity contribution >= 4 is 22.8 Å². The maximum Gasteiger partial charge on any atom is 0.405 e. The molecule has 1 aliphatic heterocycles. The lowest BCUT2D eigenvalue weighted by atomic mass is 10.1. The van der Waals surface area contributed by atoms with Crippen molar-refractivity contribution in [2.75, 3.05) is 25.1 Å². The predicted molar refractivity (Wildman–Crippen MR) is 109 cm³/mol. The summed E-state index contributed by atoms with van der Waals surface area (Å²) in [5.41, 5.74) is 1.86. The molecule has 0 aromatic carbocycles. The molecule has 170 valence electrons. The summed E-state index contributed by atoms with van der Waals surface area (Å²) in [6.07, 6.45) is 0.913. The number of fused-ring (bicyclic) bond motifs is 1. The fraction of sp³-hybridized carbons (Fsp3) is 0.400. The summed E-state index contributed by atoms with van der Waals surface area (Å²) in [6, 6.07) is 2.38. The van der Waals surface area contributed by atoms with E-state index in [1.54, 1.807) is 24.5 Å². The lowest BCUT2D eigenvalue weighted by molar-refractivity contribution is -0.138. The number of aromatic amines is 1. The van der Waals surface area contributed by atoms with Crippen molar-refractivity contribution in [2.45, 2.75) is 31.7 Å². The van der Waals surface area contributed by atoms with Crippen molar-refractivity contribution in [2.24, 2.45) is 0 Å². The second-order valence-electron chi connectivity index (χ2n) is 7.36. The van der Waals surface area contributed by atoms with Gasteiger partial charge in [-0.15, -0.1) is 0 Å². The van der Waals surface area contributed by atoms with Crippen molar-refractivity contribution in [3.8, 4) is 17.0 Å². The Bertz CT molecular complexity index is 1100. The first-order chi connectivity index (χ1) is 15.3. The van der Waals surface area contributed by atoms with E-state index in [2.05, 4.69) is 25.3 Å². The van der Waals surface area contributed by atoms with Gasteiger partial charge in [-0.1, -0.05) is 0 Å². The van der Waals surface area contributed by atoms with Crippen LogP contribution in [0.3, 0.4) is 0 Å². The number of alkyl halides is 3. The zero-order valence-corrected chi connectivity index (χ0v) is 17.1. The van der Waals surface area contributed by atoms with Gasteiger partial charge in [0.25, 0.3) is 0 Å². The molecule has 0 spiro atoms. The molecule has 32 heavy (non-hydrogen) atoms. The van der Waals surface area contributed by atoms with Crippen molar-refractivity contribution in [1.29, 1.82) is 0 Å². The fourth-order valence-electron chi connectivity index (χ4n) is 3.28. The number of aromatic nitrogens is 4. The first-order valence-corrected chi connectivity index (χ1v) is 9.93. The first kappa shape index (κ1) is 21.8. The van der Waals surface area contributed by atoms with Gasteiger partial charge in [-0.2, -0.15) is 13.2 Å². The summed E-state index contributed by atoms with van der Waals surface area (Å²) in [4.78, 5) is 27.9. The van der Waals surface area contributed by atoms with Crippen molar-refractivity contribution in [3.63, 3.8) is 0 Å². The lowest BCUT2D eigenvalue weighted by Crippen LogP contribution is -2.42. The molecule has 3 N–H and O–H groups in total. The van der Waals surface area contributed by atoms with Crippen molar-refractivity contribution < 1.29 is 27.4 Å². The number of nitrogens with one attached hydrogen (secondary N) is 3. The van der Waals surface area contributed by atoms with Crippen LogP contribution >= 0.6 is 0 Å². The number of carbonyl (C=O) groups excluding carboxylic acids is 1. The van der Waals surface area contributed by atoms with Crippen LogP contribution in [0.1, 0.15) is 13.3 Å². The fourth-order valence-corrected chi connectivity index (χ4v) is 3.28. The molecular formula is C20H21F3N6O3. The van der Waals surface area contributed by atoms with Gasteiger partial charge in [-0.3, -0.25) is 4.79 Å². The molecule has 4 rings (SSSR count). The molecule has 1 fully saturated rings. The number of ether oxygens (including phenoxy) is 2. The number of hydrogen-bond acceptors (Lipinski definition) is 7. The highest BCUT2D eigenvalue weighted by Crippen LogP contribution is 2.31. The van der Waals surface area contributed by atoms with Gasteiger partial charge in [-0.05, 0) is 6.92 Å². The van der Waals surface area contributed by atoms with E-state index in [-0.39, 0.29) is 11.9 Å². The van der Waals surface area contributed by atoms with Crippen LogP contribution in [0.25, 0.3) is 22.3 Å². The zero-order valence-electron chi connectivity index (χ0n) is 17.1. The third kappa shape index (κ3) is 5.25. The molecule has 2 atom stereocenters. The van der Waals surface area contributed by atoms with E-state index in [4.69, 9.17) is 9.47 Å². The molecule has 1 amide bonds. The smallest absolute Gasteiger partial charge is 0.405 e. The molecular weight excluding hydrogens is 429 g/mol. The first-order valence-electron chi connectivity index (χ1n) is 9.93. The van der Waals surface area contributed by atoms with Gasteiger partial charge in [0.05, 0.1) is 18.9 Å². The van der Waals surface area contributed by atoms with Gasteiger partial charge >= 0.3 is 6.18 Å². The molecule has 0 saturated carbocycles. The normalized spacial score (nSPS) is 17.3. The number of pyridine rings is 1. The quantitative estimate of drug-likeness (QED) is 0.507. The monoisotopic (exact) mass is 450 g/mol. The Labute approximate surface area is 180 Å². The third-order valence-electron chi connectivity index (χ3n) is 4.84. The van der Waals surface area contributed by atoms with E-state index >= 15 is 0 Å². The van der Waals surface area contributed by atoms with E-state index in [0.29, 0.717) is 35.9 Å². The van der Waals surface area contributed by atoms with Gasteiger partial charge in [0, 0.05) is 41.9 Å². The Balaban J connectivity index is 1.60. The summed E-state index contributed by atoms with van der Waals surface area (Å²) in [5.74, 6) is -0.0407. The summed E-state index contributed by atoms with van der Waals surface area (Å²) in [5, 5.41) is 5.45. The van der Waals surface area contributed by atoms with Crippen molar-refractivity contribution in [3.05, 3.63) is 30.9 Å². The van der Waals surface area contributed by atoms with Crippen LogP contribution in [-0.2, 0) is 9.53 Å². The highest BCUT2D eigenvalue weighted by Gasteiger charge is 2.29. The maximum atomic E-state index is 12.4. The van der Waals surface area contributed by atoms with Gasteiger partial charge in [-0.25, -0.2) is 15.0 Å². The molecule has 9 nitrogen and oxygen atoms in total. The van der Waals surface area contributed by atoms with E-state index < -0.39 is 24.7 Å². The minimum Gasteiger partial charge on any atom is -0.488 e. The predicted octanol–water partition coefficient (Wildman–Crippen LogP) is 2.67. The Hall–Kier alpha value is -3.41. The van der Waals surface area contributed by atoms with Crippen LogP contribution < -0.4 is 15.4 Å². The standard InChI is InChI=1S/C20H21F3N6O3/c1-11(19(30)26-9-20(21,22)23)28-17-5-13(32-12-2-3-31-8-12)4-16(29-17)14-7-25-18-15(14)6-24-10-27-18/h4-7,10-12H,2-3,8-9H2,1H3,(H,26,30)(H,28,29)(H,24,25,27)/t11?,12-/m0/s1. The number of halogens is 3. The molecule has 0 radical (unpaired) electrons. The van der Waals surface area contributed by atoms with Gasteiger partial charge in [0.15, 0.2) is 0 Å². The van der Waals surface area contributed by atoms with Gasteiger partial charge in [0.1, 0.15) is 42.2 Å². The SMILES string of the molecule is CC(Nc1cc(O[C@H]2CCOC2)cc(-c2c[nH]c3ncncc23)n1)C(=O)NCC(F)(F)F. The number of anilines is 1. The van der Waals surface area contributed by atoms with Crippen LogP contribution in [-0.4, -0.2) is 63.9 Å². The number of nitrogens with zero attached hydrogens (tertiary/aromatic N) is 3. The number of hydrogen-bond donors (Lipinski definition) is 3. The molecule has 1 saturated heterocycles. The van der Waals surface area contributed by atoms with E-state index in [1.165, 1.54) is 13.3 Å². The average molecular weight is 450 g/mol. The minimum absolute atomic E-state index is 0.128. The highest BCUT2D eigenvalue weighted by atomic mass is 19.4. The van der Waals surface area contributed by atoms with E-state index in [0.717, 1.165) is 11.8 Å². The summed E-state index contributed by atoms with van der Waals surface area (Å²) < 4.78 is 48.6. The number of rotatable bonds is 7. The number of amides is 1. The lowest BCUT2D eigenvalue weighted by Gasteiger charge is -2.18.